The van der Waals surface area contributed by atoms with E-state index in [-0.39, 0.29) is 22.6 Å². The van der Waals surface area contributed by atoms with Crippen LogP contribution in [0.4, 0.5) is 8.78 Å². The molecule has 0 spiro atoms. The largest absolute Gasteiger partial charge is 0.455 e. The first-order valence-electron chi connectivity index (χ1n) is 7.08. The molecule has 1 aromatic heterocycles. The van der Waals surface area contributed by atoms with E-state index in [1.165, 1.54) is 36.5 Å². The van der Waals surface area contributed by atoms with Crippen LogP contribution in [0.15, 0.2) is 64.2 Å². The second-order valence-electron chi connectivity index (χ2n) is 4.95. The van der Waals surface area contributed by atoms with E-state index < -0.39 is 17.6 Å². The SMILES string of the molecule is O=C(O/N=C\c1ccc(-c2ccc(F)cc2F)o1)c1ccc(Cl)cc1. The summed E-state index contributed by atoms with van der Waals surface area (Å²) in [5, 5.41) is 4.03. The van der Waals surface area contributed by atoms with E-state index in [0.29, 0.717) is 5.02 Å². The minimum absolute atomic E-state index is 0.110. The van der Waals surface area contributed by atoms with E-state index in [2.05, 4.69) is 5.16 Å². The van der Waals surface area contributed by atoms with E-state index >= 15 is 0 Å². The molecule has 1 heterocycles. The van der Waals surface area contributed by atoms with Crippen LogP contribution < -0.4 is 0 Å². The van der Waals surface area contributed by atoms with Gasteiger partial charge in [-0.05, 0) is 48.5 Å². The molecule has 2 aromatic carbocycles. The van der Waals surface area contributed by atoms with Gasteiger partial charge in [0, 0.05) is 11.1 Å². The topological polar surface area (TPSA) is 51.8 Å². The Morgan fingerprint density at radius 2 is 1.84 bits per heavy atom. The van der Waals surface area contributed by atoms with E-state index in [9.17, 15) is 13.6 Å². The molecule has 3 rings (SSSR count). The van der Waals surface area contributed by atoms with Crippen molar-refractivity contribution in [2.24, 2.45) is 5.16 Å². The van der Waals surface area contributed by atoms with Crippen LogP contribution in [0.5, 0.6) is 0 Å². The summed E-state index contributed by atoms with van der Waals surface area (Å²) in [5.74, 6) is -1.65. The Morgan fingerprint density at radius 3 is 2.56 bits per heavy atom. The number of nitrogens with zero attached hydrogens (tertiary/aromatic N) is 1. The van der Waals surface area contributed by atoms with Crippen molar-refractivity contribution < 1.29 is 22.8 Å². The Morgan fingerprint density at radius 1 is 1.08 bits per heavy atom. The fraction of sp³-hybridized carbons (Fsp3) is 0. The predicted molar refractivity (Wildman–Crippen MR) is 88.5 cm³/mol. The smallest absolute Gasteiger partial charge is 0.365 e. The molecule has 126 valence electrons. The molecule has 0 aliphatic carbocycles. The van der Waals surface area contributed by atoms with Gasteiger partial charge in [0.05, 0.1) is 11.1 Å². The molecule has 0 unspecified atom stereocenters. The second kappa shape index (κ2) is 7.27. The van der Waals surface area contributed by atoms with Crippen molar-refractivity contribution in [2.45, 2.75) is 0 Å². The highest BCUT2D eigenvalue weighted by Gasteiger charge is 2.10. The zero-order valence-electron chi connectivity index (χ0n) is 12.6. The average molecular weight is 362 g/mol. The molecule has 0 amide bonds. The maximum absolute atomic E-state index is 13.7. The highest BCUT2D eigenvalue weighted by Crippen LogP contribution is 2.25. The minimum Gasteiger partial charge on any atom is -0.455 e. The summed E-state index contributed by atoms with van der Waals surface area (Å²) in [5.41, 5.74) is 0.397. The molecule has 7 heteroatoms. The number of rotatable bonds is 4. The van der Waals surface area contributed by atoms with Crippen molar-refractivity contribution in [2.75, 3.05) is 0 Å². The summed E-state index contributed by atoms with van der Waals surface area (Å²) in [6.45, 7) is 0. The Labute approximate surface area is 146 Å². The molecule has 0 saturated carbocycles. The van der Waals surface area contributed by atoms with Gasteiger partial charge >= 0.3 is 5.97 Å². The van der Waals surface area contributed by atoms with Crippen molar-refractivity contribution in [1.82, 2.24) is 0 Å². The normalized spacial score (nSPS) is 11.0. The Bertz CT molecular complexity index is 936. The van der Waals surface area contributed by atoms with E-state index in [1.54, 1.807) is 12.1 Å². The zero-order valence-corrected chi connectivity index (χ0v) is 13.3. The fourth-order valence-corrected chi connectivity index (χ4v) is 2.15. The zero-order chi connectivity index (χ0) is 17.8. The van der Waals surface area contributed by atoms with Gasteiger partial charge in [-0.25, -0.2) is 13.6 Å². The molecule has 0 aliphatic heterocycles. The van der Waals surface area contributed by atoms with Crippen LogP contribution in [0.1, 0.15) is 16.1 Å². The van der Waals surface area contributed by atoms with E-state index in [0.717, 1.165) is 12.1 Å². The molecule has 0 saturated heterocycles. The Balaban J connectivity index is 1.67. The second-order valence-corrected chi connectivity index (χ2v) is 5.38. The first-order valence-corrected chi connectivity index (χ1v) is 7.46. The summed E-state index contributed by atoms with van der Waals surface area (Å²) in [6, 6.07) is 12.3. The third-order valence-corrected chi connectivity index (χ3v) is 3.47. The van der Waals surface area contributed by atoms with Gasteiger partial charge in [0.15, 0.2) is 0 Å². The molecular formula is C18H10ClF2NO3. The maximum atomic E-state index is 13.7. The quantitative estimate of drug-likeness (QED) is 0.370. The van der Waals surface area contributed by atoms with E-state index in [1.807, 2.05) is 0 Å². The lowest BCUT2D eigenvalue weighted by Crippen LogP contribution is -2.00. The fourth-order valence-electron chi connectivity index (χ4n) is 2.02. The number of carbonyl (C=O) groups excluding carboxylic acids is 1. The van der Waals surface area contributed by atoms with Crippen LogP contribution in [-0.4, -0.2) is 12.2 Å². The number of halogens is 3. The highest BCUT2D eigenvalue weighted by atomic mass is 35.5. The van der Waals surface area contributed by atoms with Crippen LogP contribution >= 0.6 is 11.6 Å². The van der Waals surface area contributed by atoms with Gasteiger partial charge in [-0.2, -0.15) is 0 Å². The van der Waals surface area contributed by atoms with Crippen LogP contribution in [0.2, 0.25) is 5.02 Å². The van der Waals surface area contributed by atoms with E-state index in [4.69, 9.17) is 20.9 Å². The number of benzene rings is 2. The lowest BCUT2D eigenvalue weighted by Gasteiger charge is -1.99. The Hall–Kier alpha value is -2.99. The average Bonchev–Trinajstić information content (AvgIpc) is 3.04. The molecule has 0 atom stereocenters. The number of hydrogen-bond donors (Lipinski definition) is 0. The predicted octanol–water partition coefficient (Wildman–Crippen LogP) is 5.07. The van der Waals surface area contributed by atoms with Gasteiger partial charge in [-0.3, -0.25) is 0 Å². The molecular weight excluding hydrogens is 352 g/mol. The third-order valence-electron chi connectivity index (χ3n) is 3.22. The molecule has 0 fully saturated rings. The number of carbonyl (C=O) groups is 1. The van der Waals surface area contributed by atoms with Crippen LogP contribution in [0.3, 0.4) is 0 Å². The van der Waals surface area contributed by atoms with Crippen molar-refractivity contribution in [3.8, 4) is 11.3 Å². The lowest BCUT2D eigenvalue weighted by molar-refractivity contribution is 0.0519. The van der Waals surface area contributed by atoms with Crippen molar-refractivity contribution in [3.63, 3.8) is 0 Å². The lowest BCUT2D eigenvalue weighted by atomic mass is 10.1. The summed E-state index contributed by atoms with van der Waals surface area (Å²) < 4.78 is 32.0. The molecule has 3 aromatic rings. The number of oxime groups is 1. The van der Waals surface area contributed by atoms with Gasteiger partial charge in [-0.1, -0.05) is 16.8 Å². The first-order chi connectivity index (χ1) is 12.0. The molecule has 25 heavy (non-hydrogen) atoms. The minimum atomic E-state index is -0.744. The van der Waals surface area contributed by atoms with Gasteiger partial charge < -0.3 is 9.25 Å². The van der Waals surface area contributed by atoms with Crippen LogP contribution in [-0.2, 0) is 4.84 Å². The summed E-state index contributed by atoms with van der Waals surface area (Å²) in [7, 11) is 0. The van der Waals surface area contributed by atoms with Crippen LogP contribution in [0, 0.1) is 11.6 Å². The molecule has 0 N–H and O–H groups in total. The molecule has 0 aliphatic rings. The molecule has 4 nitrogen and oxygen atoms in total. The summed E-state index contributed by atoms with van der Waals surface area (Å²) >= 11 is 5.73. The van der Waals surface area contributed by atoms with Gasteiger partial charge in [-0.15, -0.1) is 0 Å². The van der Waals surface area contributed by atoms with Gasteiger partial charge in [0.25, 0.3) is 0 Å². The standard InChI is InChI=1S/C18H10ClF2NO3/c19-12-3-1-11(2-4-12)18(23)25-22-10-14-6-8-17(24-14)15-7-5-13(20)9-16(15)21/h1-10H/b22-10-. The summed E-state index contributed by atoms with van der Waals surface area (Å²) in [4.78, 5) is 16.5. The monoisotopic (exact) mass is 361 g/mol. The Kier molecular flexibility index (Phi) is 4.90. The van der Waals surface area contributed by atoms with Crippen molar-refractivity contribution >= 4 is 23.8 Å². The van der Waals surface area contributed by atoms with Crippen molar-refractivity contribution in [1.29, 1.82) is 0 Å². The summed E-state index contributed by atoms with van der Waals surface area (Å²) in [6.07, 6.45) is 1.17. The number of hydrogen-bond acceptors (Lipinski definition) is 4. The highest BCUT2D eigenvalue weighted by molar-refractivity contribution is 6.30. The molecule has 0 radical (unpaired) electrons. The van der Waals surface area contributed by atoms with Crippen LogP contribution in [0.25, 0.3) is 11.3 Å². The van der Waals surface area contributed by atoms with Crippen molar-refractivity contribution in [3.05, 3.63) is 82.6 Å². The maximum Gasteiger partial charge on any atom is 0.365 e. The van der Waals surface area contributed by atoms with Gasteiger partial charge in [0.1, 0.15) is 29.4 Å². The molecule has 0 bridgehead atoms. The first kappa shape index (κ1) is 16.9. The third kappa shape index (κ3) is 4.10. The van der Waals surface area contributed by atoms with Gasteiger partial charge in [0.2, 0.25) is 0 Å². The number of furan rings is 1.